The second-order valence-corrected chi connectivity index (χ2v) is 6.92. The first-order chi connectivity index (χ1) is 10.3. The number of benzene rings is 1. The summed E-state index contributed by atoms with van der Waals surface area (Å²) in [6, 6.07) is 7.89. The van der Waals surface area contributed by atoms with Crippen LogP contribution in [0.3, 0.4) is 0 Å². The molecule has 1 aliphatic carbocycles. The van der Waals surface area contributed by atoms with Gasteiger partial charge in [0.25, 0.3) is 0 Å². The molecule has 4 aliphatic rings. The van der Waals surface area contributed by atoms with E-state index in [0.29, 0.717) is 12.1 Å². The summed E-state index contributed by atoms with van der Waals surface area (Å²) in [4.78, 5) is 2.63. The predicted molar refractivity (Wildman–Crippen MR) is 84.8 cm³/mol. The SMILES string of the molecule is COc1ccc2c(c1)CCCC2NC1CN2CCC1CC2. The van der Waals surface area contributed by atoms with E-state index >= 15 is 0 Å². The molecular formula is C18H26N2O. The monoisotopic (exact) mass is 286 g/mol. The molecule has 3 heterocycles. The Morgan fingerprint density at radius 1 is 1.19 bits per heavy atom. The van der Waals surface area contributed by atoms with Crippen molar-refractivity contribution >= 4 is 0 Å². The highest BCUT2D eigenvalue weighted by Crippen LogP contribution is 2.35. The van der Waals surface area contributed by atoms with Crippen LogP contribution >= 0.6 is 0 Å². The fraction of sp³-hybridized carbons (Fsp3) is 0.667. The summed E-state index contributed by atoms with van der Waals surface area (Å²) in [7, 11) is 1.76. The quantitative estimate of drug-likeness (QED) is 0.924. The highest BCUT2D eigenvalue weighted by atomic mass is 16.5. The molecule has 21 heavy (non-hydrogen) atoms. The number of hydrogen-bond acceptors (Lipinski definition) is 3. The fourth-order valence-corrected chi connectivity index (χ4v) is 4.50. The van der Waals surface area contributed by atoms with Crippen molar-refractivity contribution in [3.63, 3.8) is 0 Å². The first-order valence-corrected chi connectivity index (χ1v) is 8.48. The van der Waals surface area contributed by atoms with Gasteiger partial charge >= 0.3 is 0 Å². The molecule has 3 aliphatic heterocycles. The van der Waals surface area contributed by atoms with Gasteiger partial charge < -0.3 is 15.0 Å². The van der Waals surface area contributed by atoms with E-state index in [1.165, 1.54) is 62.9 Å². The van der Waals surface area contributed by atoms with Crippen LogP contribution in [0, 0.1) is 5.92 Å². The standard InChI is InChI=1S/C18H26N2O/c1-21-15-5-6-16-14(11-15)3-2-4-17(16)19-18-12-20-9-7-13(18)8-10-20/h5-6,11,13,17-19H,2-4,7-10,12H2,1H3. The third-order valence-electron chi connectivity index (χ3n) is 5.74. The highest BCUT2D eigenvalue weighted by Gasteiger charge is 2.35. The van der Waals surface area contributed by atoms with Gasteiger partial charge in [-0.1, -0.05) is 6.07 Å². The number of ether oxygens (including phenoxy) is 1. The minimum absolute atomic E-state index is 0.546. The zero-order chi connectivity index (χ0) is 14.2. The molecule has 3 nitrogen and oxygen atoms in total. The Hall–Kier alpha value is -1.06. The molecule has 114 valence electrons. The van der Waals surface area contributed by atoms with Crippen molar-refractivity contribution in [1.29, 1.82) is 0 Å². The molecule has 2 atom stereocenters. The Bertz CT molecular complexity index is 508. The lowest BCUT2D eigenvalue weighted by atomic mass is 9.81. The number of piperidine rings is 3. The zero-order valence-electron chi connectivity index (χ0n) is 13.0. The first-order valence-electron chi connectivity index (χ1n) is 8.48. The maximum atomic E-state index is 5.38. The average Bonchev–Trinajstić information content (AvgIpc) is 2.56. The van der Waals surface area contributed by atoms with Crippen LogP contribution in [-0.2, 0) is 6.42 Å². The molecule has 2 bridgehead atoms. The Labute approximate surface area is 127 Å². The number of nitrogens with zero attached hydrogens (tertiary/aromatic N) is 1. The van der Waals surface area contributed by atoms with Crippen LogP contribution < -0.4 is 10.1 Å². The number of aryl methyl sites for hydroxylation is 1. The number of methoxy groups -OCH3 is 1. The summed E-state index contributed by atoms with van der Waals surface area (Å²) >= 11 is 0. The number of hydrogen-bond donors (Lipinski definition) is 1. The molecule has 2 unspecified atom stereocenters. The van der Waals surface area contributed by atoms with Crippen molar-refractivity contribution in [2.24, 2.45) is 5.92 Å². The largest absolute Gasteiger partial charge is 0.497 e. The molecule has 1 aromatic rings. The van der Waals surface area contributed by atoms with Gasteiger partial charge in [0.1, 0.15) is 5.75 Å². The maximum absolute atomic E-state index is 5.38. The molecule has 0 aromatic heterocycles. The van der Waals surface area contributed by atoms with Gasteiger partial charge in [-0.3, -0.25) is 0 Å². The normalized spacial score (nSPS) is 34.5. The number of nitrogens with one attached hydrogen (secondary N) is 1. The lowest BCUT2D eigenvalue weighted by Crippen LogP contribution is -2.56. The summed E-state index contributed by atoms with van der Waals surface area (Å²) < 4.78 is 5.38. The van der Waals surface area contributed by atoms with Crippen molar-refractivity contribution in [1.82, 2.24) is 10.2 Å². The van der Waals surface area contributed by atoms with E-state index in [4.69, 9.17) is 4.74 Å². The molecule has 1 N–H and O–H groups in total. The van der Waals surface area contributed by atoms with Gasteiger partial charge in [0.05, 0.1) is 7.11 Å². The van der Waals surface area contributed by atoms with Crippen molar-refractivity contribution in [2.75, 3.05) is 26.7 Å². The van der Waals surface area contributed by atoms with Crippen molar-refractivity contribution in [3.05, 3.63) is 29.3 Å². The molecule has 5 rings (SSSR count). The minimum Gasteiger partial charge on any atom is -0.497 e. The third kappa shape index (κ3) is 2.58. The van der Waals surface area contributed by atoms with Gasteiger partial charge in [0.2, 0.25) is 0 Å². The van der Waals surface area contributed by atoms with Crippen molar-refractivity contribution < 1.29 is 4.74 Å². The van der Waals surface area contributed by atoms with Crippen LogP contribution in [0.15, 0.2) is 18.2 Å². The number of rotatable bonds is 3. The molecule has 3 heteroatoms. The molecule has 1 aromatic carbocycles. The molecule has 0 spiro atoms. The topological polar surface area (TPSA) is 24.5 Å². The molecule has 3 fully saturated rings. The van der Waals surface area contributed by atoms with Crippen LogP contribution in [0.4, 0.5) is 0 Å². The number of fused-ring (bicyclic) bond motifs is 4. The Kier molecular flexibility index (Phi) is 3.64. The van der Waals surface area contributed by atoms with Gasteiger partial charge in [0, 0.05) is 18.6 Å². The van der Waals surface area contributed by atoms with Crippen molar-refractivity contribution in [3.8, 4) is 5.75 Å². The van der Waals surface area contributed by atoms with Crippen molar-refractivity contribution in [2.45, 2.75) is 44.2 Å². The summed E-state index contributed by atoms with van der Waals surface area (Å²) in [5.74, 6) is 1.90. The lowest BCUT2D eigenvalue weighted by Gasteiger charge is -2.46. The minimum atomic E-state index is 0.546. The summed E-state index contributed by atoms with van der Waals surface area (Å²) in [5.41, 5.74) is 3.00. The van der Waals surface area contributed by atoms with E-state index in [2.05, 4.69) is 28.4 Å². The van der Waals surface area contributed by atoms with Gasteiger partial charge in [-0.2, -0.15) is 0 Å². The zero-order valence-corrected chi connectivity index (χ0v) is 13.0. The second-order valence-electron chi connectivity index (χ2n) is 6.92. The van der Waals surface area contributed by atoms with Gasteiger partial charge in [-0.25, -0.2) is 0 Å². The van der Waals surface area contributed by atoms with Crippen LogP contribution in [0.1, 0.15) is 42.9 Å². The van der Waals surface area contributed by atoms with Crippen LogP contribution in [0.2, 0.25) is 0 Å². The summed E-state index contributed by atoms with van der Waals surface area (Å²) in [6.45, 7) is 3.90. The lowest BCUT2D eigenvalue weighted by molar-refractivity contribution is 0.0657. The Morgan fingerprint density at radius 2 is 2.05 bits per heavy atom. The molecule has 0 saturated carbocycles. The molecule has 0 radical (unpaired) electrons. The van der Waals surface area contributed by atoms with E-state index in [0.717, 1.165) is 11.7 Å². The Balaban J connectivity index is 1.52. The van der Waals surface area contributed by atoms with Gasteiger partial charge in [-0.05, 0) is 74.4 Å². The Morgan fingerprint density at radius 3 is 2.76 bits per heavy atom. The van der Waals surface area contributed by atoms with E-state index in [9.17, 15) is 0 Å². The second kappa shape index (κ2) is 5.62. The molecule has 0 amide bonds. The molecule has 3 saturated heterocycles. The van der Waals surface area contributed by atoms with Gasteiger partial charge in [-0.15, -0.1) is 0 Å². The van der Waals surface area contributed by atoms with E-state index < -0.39 is 0 Å². The summed E-state index contributed by atoms with van der Waals surface area (Å²) in [5, 5.41) is 4.00. The van der Waals surface area contributed by atoms with Crippen LogP contribution in [-0.4, -0.2) is 37.7 Å². The van der Waals surface area contributed by atoms with Gasteiger partial charge in [0.15, 0.2) is 0 Å². The molecular weight excluding hydrogens is 260 g/mol. The maximum Gasteiger partial charge on any atom is 0.119 e. The first kappa shape index (κ1) is 13.6. The van der Waals surface area contributed by atoms with E-state index in [1.54, 1.807) is 7.11 Å². The van der Waals surface area contributed by atoms with E-state index in [1.807, 2.05) is 0 Å². The average molecular weight is 286 g/mol. The highest BCUT2D eigenvalue weighted by molar-refractivity contribution is 5.39. The fourth-order valence-electron chi connectivity index (χ4n) is 4.50. The summed E-state index contributed by atoms with van der Waals surface area (Å²) in [6.07, 6.45) is 6.55. The smallest absolute Gasteiger partial charge is 0.119 e. The predicted octanol–water partition coefficient (Wildman–Crippen LogP) is 2.76. The van der Waals surface area contributed by atoms with Crippen LogP contribution in [0.5, 0.6) is 5.75 Å². The van der Waals surface area contributed by atoms with Crippen LogP contribution in [0.25, 0.3) is 0 Å². The van der Waals surface area contributed by atoms with E-state index in [-0.39, 0.29) is 0 Å². The third-order valence-corrected chi connectivity index (χ3v) is 5.74.